The molecule has 1 N–H and O–H groups in total. The van der Waals surface area contributed by atoms with Crippen LogP contribution in [0.2, 0.25) is 0 Å². The summed E-state index contributed by atoms with van der Waals surface area (Å²) >= 11 is 0. The van der Waals surface area contributed by atoms with Crippen LogP contribution in [0.15, 0.2) is 18.2 Å². The quantitative estimate of drug-likeness (QED) is 0.745. The fraction of sp³-hybridized carbons (Fsp3) is 0.222. The molecule has 0 fully saturated rings. The molecule has 0 saturated carbocycles. The van der Waals surface area contributed by atoms with Gasteiger partial charge in [-0.15, -0.1) is 0 Å². The van der Waals surface area contributed by atoms with Crippen molar-refractivity contribution in [3.05, 3.63) is 35.4 Å². The Kier molecular flexibility index (Phi) is 2.95. The van der Waals surface area contributed by atoms with E-state index in [1.807, 2.05) is 0 Å². The molecule has 13 heavy (non-hydrogen) atoms. The third kappa shape index (κ3) is 2.50. The van der Waals surface area contributed by atoms with Crippen molar-refractivity contribution in [1.82, 2.24) is 5.32 Å². The summed E-state index contributed by atoms with van der Waals surface area (Å²) in [6.07, 6.45) is 0. The molecule has 1 amide bonds. The molecule has 1 rings (SSSR count). The van der Waals surface area contributed by atoms with E-state index in [-0.39, 0.29) is 18.0 Å². The van der Waals surface area contributed by atoms with E-state index in [1.165, 1.54) is 13.0 Å². The van der Waals surface area contributed by atoms with E-state index in [4.69, 9.17) is 0 Å². The predicted molar refractivity (Wildman–Crippen MR) is 43.9 cm³/mol. The maximum Gasteiger partial charge on any atom is 0.217 e. The van der Waals surface area contributed by atoms with Gasteiger partial charge in [0.05, 0.1) is 0 Å². The smallest absolute Gasteiger partial charge is 0.217 e. The molecule has 0 heterocycles. The van der Waals surface area contributed by atoms with Crippen LogP contribution in [-0.2, 0) is 11.3 Å². The minimum absolute atomic E-state index is 0.113. The van der Waals surface area contributed by atoms with Gasteiger partial charge in [0.2, 0.25) is 5.91 Å². The monoisotopic (exact) mass is 185 g/mol. The maximum atomic E-state index is 12.9. The second-order valence-corrected chi connectivity index (χ2v) is 2.61. The predicted octanol–water partition coefficient (Wildman–Crippen LogP) is 1.60. The van der Waals surface area contributed by atoms with E-state index in [9.17, 15) is 13.6 Å². The van der Waals surface area contributed by atoms with Crippen LogP contribution in [0, 0.1) is 11.6 Å². The number of benzene rings is 1. The average Bonchev–Trinajstić information content (AvgIpc) is 2.03. The second kappa shape index (κ2) is 3.98. The summed E-state index contributed by atoms with van der Waals surface area (Å²) in [6, 6.07) is 3.59. The normalized spacial score (nSPS) is 9.77. The van der Waals surface area contributed by atoms with Gasteiger partial charge in [-0.1, -0.05) is 6.07 Å². The third-order valence-corrected chi connectivity index (χ3v) is 1.58. The van der Waals surface area contributed by atoms with Gasteiger partial charge < -0.3 is 5.32 Å². The van der Waals surface area contributed by atoms with Crippen molar-refractivity contribution in [3.8, 4) is 0 Å². The minimum Gasteiger partial charge on any atom is -0.352 e. The minimum atomic E-state index is -0.645. The van der Waals surface area contributed by atoms with Crippen molar-refractivity contribution in [2.75, 3.05) is 0 Å². The van der Waals surface area contributed by atoms with Crippen LogP contribution in [0.4, 0.5) is 8.78 Å². The Morgan fingerprint density at radius 2 is 1.92 bits per heavy atom. The van der Waals surface area contributed by atoms with Gasteiger partial charge in [-0.25, -0.2) is 8.78 Å². The van der Waals surface area contributed by atoms with E-state index in [0.717, 1.165) is 12.1 Å². The topological polar surface area (TPSA) is 29.1 Å². The highest BCUT2D eigenvalue weighted by Crippen LogP contribution is 2.11. The van der Waals surface area contributed by atoms with Crippen LogP contribution >= 0.6 is 0 Å². The first kappa shape index (κ1) is 9.64. The molecule has 70 valence electrons. The van der Waals surface area contributed by atoms with Crippen molar-refractivity contribution in [2.24, 2.45) is 0 Å². The fourth-order valence-electron chi connectivity index (χ4n) is 0.914. The van der Waals surface area contributed by atoms with Gasteiger partial charge in [0.25, 0.3) is 0 Å². The SMILES string of the molecule is CC(=O)NCc1c(F)cccc1F. The molecular weight excluding hydrogens is 176 g/mol. The van der Waals surface area contributed by atoms with Gasteiger partial charge in [0.15, 0.2) is 0 Å². The summed E-state index contributed by atoms with van der Waals surface area (Å²) in [4.78, 5) is 10.5. The van der Waals surface area contributed by atoms with E-state index >= 15 is 0 Å². The Bertz CT molecular complexity index is 305. The lowest BCUT2D eigenvalue weighted by molar-refractivity contribution is -0.119. The molecule has 0 aromatic heterocycles. The first-order chi connectivity index (χ1) is 6.11. The Labute approximate surface area is 74.6 Å². The zero-order valence-electron chi connectivity index (χ0n) is 7.10. The fourth-order valence-corrected chi connectivity index (χ4v) is 0.914. The summed E-state index contributed by atoms with van der Waals surface area (Å²) < 4.78 is 25.8. The zero-order valence-corrected chi connectivity index (χ0v) is 7.10. The summed E-state index contributed by atoms with van der Waals surface area (Å²) in [6.45, 7) is 1.17. The van der Waals surface area contributed by atoms with Gasteiger partial charge in [-0.3, -0.25) is 4.79 Å². The molecule has 0 spiro atoms. The molecule has 1 aromatic carbocycles. The number of halogens is 2. The molecule has 0 saturated heterocycles. The van der Waals surface area contributed by atoms with E-state index < -0.39 is 11.6 Å². The number of hydrogen-bond donors (Lipinski definition) is 1. The second-order valence-electron chi connectivity index (χ2n) is 2.61. The molecule has 4 heteroatoms. The Morgan fingerprint density at radius 1 is 1.38 bits per heavy atom. The highest BCUT2D eigenvalue weighted by molar-refractivity contribution is 5.72. The first-order valence-corrected chi connectivity index (χ1v) is 3.78. The molecule has 0 radical (unpaired) electrons. The molecule has 0 atom stereocenters. The average molecular weight is 185 g/mol. The van der Waals surface area contributed by atoms with Crippen molar-refractivity contribution in [2.45, 2.75) is 13.5 Å². The highest BCUT2D eigenvalue weighted by Gasteiger charge is 2.07. The molecule has 0 aliphatic carbocycles. The highest BCUT2D eigenvalue weighted by atomic mass is 19.1. The summed E-state index contributed by atoms with van der Waals surface area (Å²) in [5.41, 5.74) is -0.113. The van der Waals surface area contributed by atoms with E-state index in [0.29, 0.717) is 0 Å². The molecule has 0 unspecified atom stereocenters. The summed E-state index contributed by atoms with van der Waals surface area (Å²) in [5.74, 6) is -1.61. The summed E-state index contributed by atoms with van der Waals surface area (Å²) in [7, 11) is 0. The number of carbonyl (C=O) groups excluding carboxylic acids is 1. The van der Waals surface area contributed by atoms with Gasteiger partial charge >= 0.3 is 0 Å². The molecule has 2 nitrogen and oxygen atoms in total. The van der Waals surface area contributed by atoms with Crippen LogP contribution in [0.1, 0.15) is 12.5 Å². The largest absolute Gasteiger partial charge is 0.352 e. The van der Waals surface area contributed by atoms with E-state index in [2.05, 4.69) is 5.32 Å². The van der Waals surface area contributed by atoms with Crippen LogP contribution < -0.4 is 5.32 Å². The Hall–Kier alpha value is -1.45. The van der Waals surface area contributed by atoms with Crippen molar-refractivity contribution >= 4 is 5.91 Å². The lowest BCUT2D eigenvalue weighted by Crippen LogP contribution is -2.20. The van der Waals surface area contributed by atoms with Gasteiger partial charge in [0, 0.05) is 19.0 Å². The van der Waals surface area contributed by atoms with Crippen LogP contribution in [0.3, 0.4) is 0 Å². The number of carbonyl (C=O) groups is 1. The molecule has 1 aromatic rings. The van der Waals surface area contributed by atoms with Gasteiger partial charge in [-0.05, 0) is 12.1 Å². The summed E-state index contributed by atoms with van der Waals surface area (Å²) in [5, 5.41) is 2.32. The zero-order chi connectivity index (χ0) is 9.84. The van der Waals surface area contributed by atoms with Crippen LogP contribution in [0.5, 0.6) is 0 Å². The molecule has 0 aliphatic rings. The van der Waals surface area contributed by atoms with Crippen LogP contribution in [-0.4, -0.2) is 5.91 Å². The molecule has 0 aliphatic heterocycles. The standard InChI is InChI=1S/C9H9F2NO/c1-6(13)12-5-7-8(10)3-2-4-9(7)11/h2-4H,5H2,1H3,(H,12,13). The van der Waals surface area contributed by atoms with Crippen molar-refractivity contribution in [1.29, 1.82) is 0 Å². The lowest BCUT2D eigenvalue weighted by atomic mass is 10.2. The van der Waals surface area contributed by atoms with Gasteiger partial charge in [0.1, 0.15) is 11.6 Å². The molecule has 0 bridgehead atoms. The lowest BCUT2D eigenvalue weighted by Gasteiger charge is -2.04. The van der Waals surface area contributed by atoms with Crippen LogP contribution in [0.25, 0.3) is 0 Å². The van der Waals surface area contributed by atoms with E-state index in [1.54, 1.807) is 0 Å². The number of amides is 1. The maximum absolute atomic E-state index is 12.9. The third-order valence-electron chi connectivity index (χ3n) is 1.58. The van der Waals surface area contributed by atoms with Crippen molar-refractivity contribution in [3.63, 3.8) is 0 Å². The number of hydrogen-bond acceptors (Lipinski definition) is 1. The molecular formula is C9H9F2NO. The number of nitrogens with one attached hydrogen (secondary N) is 1. The van der Waals surface area contributed by atoms with Gasteiger partial charge in [-0.2, -0.15) is 0 Å². The number of rotatable bonds is 2. The Morgan fingerprint density at radius 3 is 2.38 bits per heavy atom. The van der Waals surface area contributed by atoms with Crippen molar-refractivity contribution < 1.29 is 13.6 Å². The Balaban J connectivity index is 2.81. The first-order valence-electron chi connectivity index (χ1n) is 3.78.